The first kappa shape index (κ1) is 18.5. The minimum Gasteiger partial charge on any atom is -0.497 e. The maximum absolute atomic E-state index is 12.3. The smallest absolute Gasteiger partial charge is 0.251 e. The maximum Gasteiger partial charge on any atom is 0.251 e. The average molecular weight is 382 g/mol. The van der Waals surface area contributed by atoms with Crippen LogP contribution in [0.1, 0.15) is 17.3 Å². The van der Waals surface area contributed by atoms with Crippen LogP contribution >= 0.6 is 11.3 Å². The Kier molecular flexibility index (Phi) is 5.77. The predicted octanol–water partition coefficient (Wildman–Crippen LogP) is 2.97. The third-order valence-corrected chi connectivity index (χ3v) is 4.64. The van der Waals surface area contributed by atoms with Crippen molar-refractivity contribution in [1.82, 2.24) is 15.5 Å². The number of nitrogens with zero attached hydrogens (tertiary/aromatic N) is 2. The number of methoxy groups -OCH3 is 1. The zero-order valence-electron chi connectivity index (χ0n) is 14.8. The van der Waals surface area contributed by atoms with Gasteiger partial charge in [0.1, 0.15) is 16.8 Å². The lowest BCUT2D eigenvalue weighted by molar-refractivity contribution is -0.117. The van der Waals surface area contributed by atoms with Gasteiger partial charge in [-0.2, -0.15) is 0 Å². The van der Waals surface area contributed by atoms with E-state index in [-0.39, 0.29) is 11.8 Å². The van der Waals surface area contributed by atoms with Crippen molar-refractivity contribution in [3.63, 3.8) is 0 Å². The Morgan fingerprint density at radius 2 is 1.85 bits per heavy atom. The first-order chi connectivity index (χ1) is 13.1. The van der Waals surface area contributed by atoms with Gasteiger partial charge in [-0.15, -0.1) is 10.2 Å². The molecule has 0 aliphatic rings. The fourth-order valence-electron chi connectivity index (χ4n) is 2.30. The number of nitrogens with one attached hydrogen (secondary N) is 2. The van der Waals surface area contributed by atoms with Crippen LogP contribution in [0.3, 0.4) is 0 Å². The molecule has 0 aliphatic carbocycles. The number of hydrogen-bond acceptors (Lipinski definition) is 6. The zero-order chi connectivity index (χ0) is 19.2. The maximum atomic E-state index is 12.3. The average Bonchev–Trinajstić information content (AvgIpc) is 3.17. The third-order valence-electron chi connectivity index (χ3n) is 3.75. The molecule has 0 spiro atoms. The first-order valence-electron chi connectivity index (χ1n) is 8.21. The molecule has 3 aromatic rings. The number of rotatable bonds is 6. The van der Waals surface area contributed by atoms with Crippen LogP contribution in [0.5, 0.6) is 5.75 Å². The summed E-state index contributed by atoms with van der Waals surface area (Å²) < 4.78 is 5.20. The summed E-state index contributed by atoms with van der Waals surface area (Å²) in [5.41, 5.74) is 1.34. The van der Waals surface area contributed by atoms with Gasteiger partial charge in [0, 0.05) is 11.1 Å². The van der Waals surface area contributed by atoms with Crippen molar-refractivity contribution in [2.24, 2.45) is 0 Å². The number of hydrogen-bond donors (Lipinski definition) is 2. The molecule has 1 aromatic heterocycles. The largest absolute Gasteiger partial charge is 0.497 e. The Labute approximate surface area is 160 Å². The summed E-state index contributed by atoms with van der Waals surface area (Å²) in [4.78, 5) is 24.5. The second-order valence-corrected chi connectivity index (χ2v) is 6.67. The molecular formula is C19H18N4O3S. The third kappa shape index (κ3) is 4.68. The second kappa shape index (κ2) is 8.41. The Hall–Kier alpha value is -3.26. The number of carbonyl (C=O) groups excluding carboxylic acids is 2. The van der Waals surface area contributed by atoms with Gasteiger partial charge in [-0.25, -0.2) is 0 Å². The van der Waals surface area contributed by atoms with Crippen LogP contribution in [0.25, 0.3) is 10.6 Å². The van der Waals surface area contributed by atoms with Crippen molar-refractivity contribution in [3.05, 3.63) is 60.2 Å². The molecule has 27 heavy (non-hydrogen) atoms. The van der Waals surface area contributed by atoms with Gasteiger partial charge in [0.05, 0.1) is 7.11 Å². The molecule has 1 unspecified atom stereocenters. The van der Waals surface area contributed by atoms with Crippen LogP contribution in [-0.4, -0.2) is 35.2 Å². The van der Waals surface area contributed by atoms with E-state index in [1.807, 2.05) is 30.3 Å². The summed E-state index contributed by atoms with van der Waals surface area (Å²) in [5, 5.41) is 14.4. The fraction of sp³-hybridized carbons (Fsp3) is 0.158. The summed E-state index contributed by atoms with van der Waals surface area (Å²) >= 11 is 1.24. The molecule has 0 saturated carbocycles. The summed E-state index contributed by atoms with van der Waals surface area (Å²) in [7, 11) is 1.59. The summed E-state index contributed by atoms with van der Waals surface area (Å²) in [5.74, 6) is 0.0331. The summed E-state index contributed by atoms with van der Waals surface area (Å²) in [6.45, 7) is 1.61. The monoisotopic (exact) mass is 382 g/mol. The van der Waals surface area contributed by atoms with Crippen LogP contribution in [0, 0.1) is 0 Å². The van der Waals surface area contributed by atoms with Gasteiger partial charge in [0.25, 0.3) is 5.91 Å². The Bertz CT molecular complexity index is 943. The van der Waals surface area contributed by atoms with Crippen LogP contribution in [0.2, 0.25) is 0 Å². The highest BCUT2D eigenvalue weighted by Gasteiger charge is 2.18. The number of carbonyl (C=O) groups is 2. The van der Waals surface area contributed by atoms with Gasteiger partial charge in [0.2, 0.25) is 11.0 Å². The topological polar surface area (TPSA) is 93.2 Å². The minimum absolute atomic E-state index is 0.312. The van der Waals surface area contributed by atoms with Crippen LogP contribution in [-0.2, 0) is 4.79 Å². The van der Waals surface area contributed by atoms with E-state index in [0.29, 0.717) is 21.5 Å². The van der Waals surface area contributed by atoms with Gasteiger partial charge in [-0.05, 0) is 31.2 Å². The second-order valence-electron chi connectivity index (χ2n) is 5.69. The number of aromatic nitrogens is 2. The van der Waals surface area contributed by atoms with E-state index < -0.39 is 6.04 Å². The molecule has 8 heteroatoms. The lowest BCUT2D eigenvalue weighted by Gasteiger charge is -2.12. The Morgan fingerprint density at radius 1 is 1.07 bits per heavy atom. The van der Waals surface area contributed by atoms with E-state index in [1.54, 1.807) is 38.3 Å². The van der Waals surface area contributed by atoms with E-state index >= 15 is 0 Å². The van der Waals surface area contributed by atoms with Crippen molar-refractivity contribution >= 4 is 28.3 Å². The predicted molar refractivity (Wildman–Crippen MR) is 104 cm³/mol. The first-order valence-corrected chi connectivity index (χ1v) is 9.03. The molecule has 2 amide bonds. The van der Waals surface area contributed by atoms with Crippen LogP contribution < -0.4 is 15.4 Å². The zero-order valence-corrected chi connectivity index (χ0v) is 15.6. The molecule has 3 rings (SSSR count). The van der Waals surface area contributed by atoms with Crippen molar-refractivity contribution in [2.75, 3.05) is 12.4 Å². The molecule has 0 saturated heterocycles. The standard InChI is InChI=1S/C19H18N4O3S/c1-12(20-17(25)13-7-4-3-5-8-13)16(24)21-19-23-22-18(27-19)14-9-6-10-15(11-14)26-2/h3-12H,1-2H3,(H,20,25)(H,21,23,24). The van der Waals surface area contributed by atoms with Crippen molar-refractivity contribution in [3.8, 4) is 16.3 Å². The number of benzene rings is 2. The molecule has 138 valence electrons. The Morgan fingerprint density at radius 3 is 2.59 bits per heavy atom. The van der Waals surface area contributed by atoms with Crippen LogP contribution in [0.15, 0.2) is 54.6 Å². The quantitative estimate of drug-likeness (QED) is 0.684. The lowest BCUT2D eigenvalue weighted by atomic mass is 10.2. The van der Waals surface area contributed by atoms with Crippen LogP contribution in [0.4, 0.5) is 5.13 Å². The van der Waals surface area contributed by atoms with E-state index in [1.165, 1.54) is 11.3 Å². The summed E-state index contributed by atoms with van der Waals surface area (Å²) in [6.07, 6.45) is 0. The number of anilines is 1. The molecule has 2 N–H and O–H groups in total. The molecule has 7 nitrogen and oxygen atoms in total. The lowest BCUT2D eigenvalue weighted by Crippen LogP contribution is -2.41. The Balaban J connectivity index is 1.62. The highest BCUT2D eigenvalue weighted by molar-refractivity contribution is 7.18. The molecule has 1 heterocycles. The van der Waals surface area contributed by atoms with Crippen molar-refractivity contribution in [1.29, 1.82) is 0 Å². The van der Waals surface area contributed by atoms with Crippen molar-refractivity contribution in [2.45, 2.75) is 13.0 Å². The molecule has 0 aliphatic heterocycles. The summed E-state index contributed by atoms with van der Waals surface area (Å²) in [6, 6.07) is 15.4. The molecule has 2 aromatic carbocycles. The number of ether oxygens (including phenoxy) is 1. The highest BCUT2D eigenvalue weighted by atomic mass is 32.1. The number of amides is 2. The molecule has 0 bridgehead atoms. The van der Waals surface area contributed by atoms with Crippen molar-refractivity contribution < 1.29 is 14.3 Å². The van der Waals surface area contributed by atoms with Gasteiger partial charge < -0.3 is 10.1 Å². The van der Waals surface area contributed by atoms with Gasteiger partial charge in [-0.3, -0.25) is 14.9 Å². The fourth-order valence-corrected chi connectivity index (χ4v) is 3.04. The molecular weight excluding hydrogens is 364 g/mol. The molecule has 0 radical (unpaired) electrons. The minimum atomic E-state index is -0.720. The SMILES string of the molecule is COc1cccc(-c2nnc(NC(=O)C(C)NC(=O)c3ccccc3)s2)c1. The molecule has 1 atom stereocenters. The van der Waals surface area contributed by atoms with Gasteiger partial charge in [-0.1, -0.05) is 41.7 Å². The van der Waals surface area contributed by atoms with E-state index in [0.717, 1.165) is 5.56 Å². The highest BCUT2D eigenvalue weighted by Crippen LogP contribution is 2.28. The van der Waals surface area contributed by atoms with E-state index in [4.69, 9.17) is 4.74 Å². The van der Waals surface area contributed by atoms with E-state index in [9.17, 15) is 9.59 Å². The normalized spacial score (nSPS) is 11.5. The van der Waals surface area contributed by atoms with E-state index in [2.05, 4.69) is 20.8 Å². The molecule has 0 fully saturated rings. The van der Waals surface area contributed by atoms with Gasteiger partial charge in [0.15, 0.2) is 0 Å². The van der Waals surface area contributed by atoms with Gasteiger partial charge >= 0.3 is 0 Å².